The molecule has 0 aromatic carbocycles. The maximum absolute atomic E-state index is 11.8. The lowest BCUT2D eigenvalue weighted by Gasteiger charge is -2.14. The molecule has 0 amide bonds. The molecule has 1 aromatic heterocycles. The molecule has 17 heavy (non-hydrogen) atoms. The lowest BCUT2D eigenvalue weighted by atomic mass is 10.1. The van der Waals surface area contributed by atoms with Crippen molar-refractivity contribution in [3.63, 3.8) is 0 Å². The van der Waals surface area contributed by atoms with Gasteiger partial charge >= 0.3 is 6.18 Å². The Labute approximate surface area is 98.0 Å². The van der Waals surface area contributed by atoms with Gasteiger partial charge in [0, 0.05) is 25.0 Å². The molecule has 1 aromatic rings. The Kier molecular flexibility index (Phi) is 5.37. The first-order valence-electron chi connectivity index (χ1n) is 5.27. The molecule has 0 unspecified atom stereocenters. The number of nitrogens with one attached hydrogen (secondary N) is 1. The van der Waals surface area contributed by atoms with Gasteiger partial charge in [-0.05, 0) is 24.6 Å². The van der Waals surface area contributed by atoms with Gasteiger partial charge in [-0.15, -0.1) is 0 Å². The van der Waals surface area contributed by atoms with E-state index < -0.39 is 12.8 Å². The van der Waals surface area contributed by atoms with Crippen molar-refractivity contribution in [3.8, 4) is 0 Å². The van der Waals surface area contributed by atoms with Crippen LogP contribution in [0.5, 0.6) is 0 Å². The van der Waals surface area contributed by atoms with Crippen LogP contribution in [-0.4, -0.2) is 30.9 Å². The fourth-order valence-electron chi connectivity index (χ4n) is 1.31. The predicted octanol–water partition coefficient (Wildman–Crippen LogP) is 2.31. The number of aromatic nitrogens is 1. The highest BCUT2D eigenvalue weighted by molar-refractivity contribution is 5.13. The zero-order valence-electron chi connectivity index (χ0n) is 9.50. The Bertz CT molecular complexity index is 316. The van der Waals surface area contributed by atoms with Crippen LogP contribution in [0.4, 0.5) is 13.2 Å². The maximum atomic E-state index is 11.8. The van der Waals surface area contributed by atoms with Crippen molar-refractivity contribution < 1.29 is 17.9 Å². The quantitative estimate of drug-likeness (QED) is 0.784. The molecule has 3 nitrogen and oxygen atoms in total. The van der Waals surface area contributed by atoms with Gasteiger partial charge in [0.05, 0.1) is 6.61 Å². The highest BCUT2D eigenvalue weighted by Crippen LogP contribution is 2.14. The van der Waals surface area contributed by atoms with E-state index in [1.54, 1.807) is 12.4 Å². The van der Waals surface area contributed by atoms with E-state index in [2.05, 4.69) is 15.0 Å². The van der Waals surface area contributed by atoms with Gasteiger partial charge in [0.1, 0.15) is 6.61 Å². The summed E-state index contributed by atoms with van der Waals surface area (Å²) in [5, 5.41) is 3.07. The predicted molar refractivity (Wildman–Crippen MR) is 57.5 cm³/mol. The number of nitrogens with zero attached hydrogens (tertiary/aromatic N) is 1. The van der Waals surface area contributed by atoms with E-state index in [1.807, 2.05) is 19.1 Å². The largest absolute Gasteiger partial charge is 0.411 e. The summed E-state index contributed by atoms with van der Waals surface area (Å²) in [6.45, 7) is 1.14. The van der Waals surface area contributed by atoms with Crippen molar-refractivity contribution in [2.45, 2.75) is 19.1 Å². The summed E-state index contributed by atoms with van der Waals surface area (Å²) in [6.07, 6.45) is -0.905. The number of ether oxygens (including phenoxy) is 1. The van der Waals surface area contributed by atoms with Crippen LogP contribution < -0.4 is 5.32 Å². The number of alkyl halides is 3. The zero-order valence-corrected chi connectivity index (χ0v) is 9.50. The molecule has 0 saturated heterocycles. The third-order valence-electron chi connectivity index (χ3n) is 2.17. The van der Waals surface area contributed by atoms with Gasteiger partial charge in [0.2, 0.25) is 0 Å². The molecule has 0 radical (unpaired) electrons. The fraction of sp³-hybridized carbons (Fsp3) is 0.545. The molecular weight excluding hydrogens is 233 g/mol. The van der Waals surface area contributed by atoms with Crippen LogP contribution in [-0.2, 0) is 4.74 Å². The minimum atomic E-state index is -4.25. The van der Waals surface area contributed by atoms with Crippen molar-refractivity contribution in [1.29, 1.82) is 0 Å². The first-order valence-corrected chi connectivity index (χ1v) is 5.27. The number of halogens is 3. The Hall–Kier alpha value is -1.14. The molecule has 1 rings (SSSR count). The molecule has 0 aliphatic heterocycles. The minimum Gasteiger partial charge on any atom is -0.371 e. The first-order chi connectivity index (χ1) is 7.99. The topological polar surface area (TPSA) is 34.1 Å². The lowest BCUT2D eigenvalue weighted by Crippen LogP contribution is -2.25. The highest BCUT2D eigenvalue weighted by Gasteiger charge is 2.27. The number of pyridine rings is 1. The van der Waals surface area contributed by atoms with Crippen LogP contribution in [0.1, 0.15) is 18.5 Å². The van der Waals surface area contributed by atoms with Crippen molar-refractivity contribution >= 4 is 0 Å². The smallest absolute Gasteiger partial charge is 0.371 e. The summed E-state index contributed by atoms with van der Waals surface area (Å²) in [6, 6.07) is 3.77. The van der Waals surface area contributed by atoms with E-state index in [9.17, 15) is 13.2 Å². The van der Waals surface area contributed by atoms with Gasteiger partial charge in [-0.25, -0.2) is 0 Å². The first kappa shape index (κ1) is 13.9. The zero-order chi connectivity index (χ0) is 12.7. The van der Waals surface area contributed by atoms with Crippen molar-refractivity contribution in [2.24, 2.45) is 0 Å². The molecule has 1 heterocycles. The van der Waals surface area contributed by atoms with Crippen LogP contribution in [0.15, 0.2) is 24.5 Å². The molecule has 0 saturated carbocycles. The Morgan fingerprint density at radius 3 is 2.59 bits per heavy atom. The fourth-order valence-corrected chi connectivity index (χ4v) is 1.31. The van der Waals surface area contributed by atoms with E-state index >= 15 is 0 Å². The monoisotopic (exact) mass is 248 g/mol. The van der Waals surface area contributed by atoms with Gasteiger partial charge in [0.15, 0.2) is 0 Å². The summed E-state index contributed by atoms with van der Waals surface area (Å²) >= 11 is 0. The van der Waals surface area contributed by atoms with Crippen LogP contribution in [0, 0.1) is 0 Å². The molecular formula is C11H15F3N2O. The molecule has 0 spiro atoms. The Morgan fingerprint density at radius 2 is 2.00 bits per heavy atom. The van der Waals surface area contributed by atoms with Gasteiger partial charge in [-0.3, -0.25) is 4.98 Å². The number of hydrogen-bond acceptors (Lipinski definition) is 3. The standard InChI is InChI=1S/C11H15F3N2O/c1-9(10-2-4-15-5-3-10)16-6-7-17-8-11(12,13)14/h2-5,9,16H,6-8H2,1H3/t9-/m0/s1. The van der Waals surface area contributed by atoms with Crippen molar-refractivity contribution in [3.05, 3.63) is 30.1 Å². The van der Waals surface area contributed by atoms with E-state index in [4.69, 9.17) is 0 Å². The SMILES string of the molecule is C[C@H](NCCOCC(F)(F)F)c1ccncc1. The normalized spacial score (nSPS) is 13.6. The van der Waals surface area contributed by atoms with Crippen LogP contribution in [0.25, 0.3) is 0 Å². The van der Waals surface area contributed by atoms with Gasteiger partial charge < -0.3 is 10.1 Å². The summed E-state index contributed by atoms with van der Waals surface area (Å²) in [5.74, 6) is 0. The van der Waals surface area contributed by atoms with Crippen molar-refractivity contribution in [1.82, 2.24) is 10.3 Å². The average Bonchev–Trinajstić information content (AvgIpc) is 2.28. The van der Waals surface area contributed by atoms with Crippen LogP contribution in [0.3, 0.4) is 0 Å². The molecule has 96 valence electrons. The van der Waals surface area contributed by atoms with Gasteiger partial charge in [-0.1, -0.05) is 0 Å². The summed E-state index contributed by atoms with van der Waals surface area (Å²) in [4.78, 5) is 3.89. The second-order valence-electron chi connectivity index (χ2n) is 3.62. The number of rotatable bonds is 6. The van der Waals surface area contributed by atoms with Crippen molar-refractivity contribution in [2.75, 3.05) is 19.8 Å². The molecule has 1 atom stereocenters. The average molecular weight is 248 g/mol. The van der Waals surface area contributed by atoms with E-state index in [0.29, 0.717) is 6.54 Å². The van der Waals surface area contributed by atoms with E-state index in [0.717, 1.165) is 5.56 Å². The molecule has 0 bridgehead atoms. The molecule has 0 aliphatic rings. The van der Waals surface area contributed by atoms with Gasteiger partial charge in [0.25, 0.3) is 0 Å². The minimum absolute atomic E-state index is 0.0366. The second-order valence-corrected chi connectivity index (χ2v) is 3.62. The summed E-state index contributed by atoms with van der Waals surface area (Å²) in [5.41, 5.74) is 1.04. The molecule has 0 fully saturated rings. The maximum Gasteiger partial charge on any atom is 0.411 e. The van der Waals surface area contributed by atoms with Crippen LogP contribution in [0.2, 0.25) is 0 Å². The third kappa shape index (κ3) is 6.23. The molecule has 0 aliphatic carbocycles. The third-order valence-corrected chi connectivity index (χ3v) is 2.17. The highest BCUT2D eigenvalue weighted by atomic mass is 19.4. The van der Waals surface area contributed by atoms with Crippen LogP contribution >= 0.6 is 0 Å². The number of hydrogen-bond donors (Lipinski definition) is 1. The Balaban J connectivity index is 2.15. The van der Waals surface area contributed by atoms with Gasteiger partial charge in [-0.2, -0.15) is 13.2 Å². The van der Waals surface area contributed by atoms with E-state index in [-0.39, 0.29) is 12.6 Å². The second kappa shape index (κ2) is 6.56. The summed E-state index contributed by atoms with van der Waals surface area (Å²) < 4.78 is 39.7. The molecule has 6 heteroatoms. The van der Waals surface area contributed by atoms with E-state index in [1.165, 1.54) is 0 Å². The Morgan fingerprint density at radius 1 is 1.35 bits per heavy atom. The lowest BCUT2D eigenvalue weighted by molar-refractivity contribution is -0.173. The summed E-state index contributed by atoms with van der Waals surface area (Å²) in [7, 11) is 0. The molecule has 1 N–H and O–H groups in total.